The van der Waals surface area contributed by atoms with Gasteiger partial charge in [-0.25, -0.2) is 0 Å². The summed E-state index contributed by atoms with van der Waals surface area (Å²) in [6.07, 6.45) is 23.5. The van der Waals surface area contributed by atoms with Crippen LogP contribution in [0.2, 0.25) is 5.21 Å². The summed E-state index contributed by atoms with van der Waals surface area (Å²) in [5.74, 6) is 0. The summed E-state index contributed by atoms with van der Waals surface area (Å²) in [5, 5.41) is 1.31. The van der Waals surface area contributed by atoms with E-state index in [2.05, 4.69) is 23.8 Å². The molecule has 0 bridgehead atoms. The first-order valence-corrected chi connectivity index (χ1v) is 10.4. The monoisotopic (exact) mass is 328 g/mol. The van der Waals surface area contributed by atoms with E-state index in [4.69, 9.17) is 0 Å². The Morgan fingerprint density at radius 1 is 0.421 bits per heavy atom. The summed E-state index contributed by atoms with van der Waals surface area (Å²) < 4.78 is 0. The van der Waals surface area contributed by atoms with Crippen LogP contribution in [0.25, 0.3) is 0 Å². The maximum absolute atomic E-state index is 2.69. The van der Waals surface area contributed by atoms with Gasteiger partial charge in [-0.05, 0) is 0 Å². The molecule has 0 aromatic rings. The predicted octanol–water partition coefficient (Wildman–Crippen LogP) is 6.83. The Labute approximate surface area is 132 Å². The maximum atomic E-state index is 2.69. The molecule has 0 fully saturated rings. The van der Waals surface area contributed by atoms with E-state index in [0.717, 1.165) is 0 Å². The van der Waals surface area contributed by atoms with Crippen molar-refractivity contribution in [3.63, 3.8) is 0 Å². The average molecular weight is 328 g/mol. The van der Waals surface area contributed by atoms with E-state index in [1.54, 1.807) is 0 Å². The van der Waals surface area contributed by atoms with Gasteiger partial charge in [0.1, 0.15) is 0 Å². The molecule has 0 aromatic heterocycles. The summed E-state index contributed by atoms with van der Waals surface area (Å²) in [4.78, 5) is 0. The third kappa shape index (κ3) is 18.6. The predicted molar refractivity (Wildman–Crippen MR) is 90.1 cm³/mol. The SMILES string of the molecule is CCCCCCCCCCCCCCCCCC[As]. The van der Waals surface area contributed by atoms with Crippen LogP contribution in [0.1, 0.15) is 110 Å². The van der Waals surface area contributed by atoms with Crippen LogP contribution in [0.5, 0.6) is 0 Å². The molecule has 0 atom stereocenters. The second-order valence-corrected chi connectivity index (χ2v) is 6.97. The summed E-state index contributed by atoms with van der Waals surface area (Å²) >= 11 is 2.69. The number of hydrogen-bond acceptors (Lipinski definition) is 0. The fraction of sp³-hybridized carbons (Fsp3) is 1.00. The zero-order valence-electron chi connectivity index (χ0n) is 13.5. The van der Waals surface area contributed by atoms with Crippen molar-refractivity contribution in [3.05, 3.63) is 0 Å². The van der Waals surface area contributed by atoms with Crippen molar-refractivity contribution >= 4 is 16.9 Å². The van der Waals surface area contributed by atoms with E-state index < -0.39 is 0 Å². The first-order valence-electron chi connectivity index (χ1n) is 9.02. The Bertz CT molecular complexity index is 129. The molecular weight excluding hydrogens is 291 g/mol. The van der Waals surface area contributed by atoms with Crippen molar-refractivity contribution in [2.45, 2.75) is 115 Å². The average Bonchev–Trinajstić information content (AvgIpc) is 2.43. The molecule has 0 aliphatic carbocycles. The fourth-order valence-electron chi connectivity index (χ4n) is 2.66. The van der Waals surface area contributed by atoms with E-state index in [1.165, 1.54) is 108 Å². The molecule has 0 heterocycles. The molecule has 2 radical (unpaired) electrons. The molecule has 0 nitrogen and oxygen atoms in total. The van der Waals surface area contributed by atoms with Crippen LogP contribution < -0.4 is 0 Å². The van der Waals surface area contributed by atoms with Gasteiger partial charge in [0, 0.05) is 0 Å². The van der Waals surface area contributed by atoms with Gasteiger partial charge in [0.2, 0.25) is 0 Å². The summed E-state index contributed by atoms with van der Waals surface area (Å²) in [6.45, 7) is 2.29. The third-order valence-electron chi connectivity index (χ3n) is 4.01. The molecule has 1 heteroatoms. The number of hydrogen-bond donors (Lipinski definition) is 0. The molecule has 0 amide bonds. The summed E-state index contributed by atoms with van der Waals surface area (Å²) in [6, 6.07) is 0. The van der Waals surface area contributed by atoms with Crippen molar-refractivity contribution in [3.8, 4) is 0 Å². The molecule has 0 spiro atoms. The molecule has 0 N–H and O–H groups in total. The van der Waals surface area contributed by atoms with Crippen LogP contribution in [0.3, 0.4) is 0 Å². The normalized spacial score (nSPS) is 11.1. The first kappa shape index (κ1) is 19.6. The van der Waals surface area contributed by atoms with E-state index in [-0.39, 0.29) is 0 Å². The van der Waals surface area contributed by atoms with Crippen molar-refractivity contribution in [1.82, 2.24) is 0 Å². The zero-order chi connectivity index (χ0) is 14.0. The summed E-state index contributed by atoms with van der Waals surface area (Å²) in [5.41, 5.74) is 0. The Morgan fingerprint density at radius 3 is 0.947 bits per heavy atom. The van der Waals surface area contributed by atoms with Gasteiger partial charge in [0.05, 0.1) is 0 Å². The van der Waals surface area contributed by atoms with Crippen molar-refractivity contribution in [2.24, 2.45) is 0 Å². The molecule has 0 aromatic carbocycles. The van der Waals surface area contributed by atoms with Crippen molar-refractivity contribution < 1.29 is 0 Å². The minimum atomic E-state index is 1.31. The molecule has 0 saturated carbocycles. The van der Waals surface area contributed by atoms with Crippen LogP contribution in [0.4, 0.5) is 0 Å². The van der Waals surface area contributed by atoms with Gasteiger partial charge in [-0.3, -0.25) is 0 Å². The van der Waals surface area contributed by atoms with E-state index >= 15 is 0 Å². The summed E-state index contributed by atoms with van der Waals surface area (Å²) in [7, 11) is 0. The molecule has 0 rings (SSSR count). The Hall–Kier alpha value is 0.558. The minimum absolute atomic E-state index is 1.31. The second-order valence-electron chi connectivity index (χ2n) is 6.03. The number of rotatable bonds is 16. The van der Waals surface area contributed by atoms with Crippen LogP contribution in [-0.2, 0) is 0 Å². The molecule has 114 valence electrons. The quantitative estimate of drug-likeness (QED) is 0.215. The van der Waals surface area contributed by atoms with Gasteiger partial charge in [0.25, 0.3) is 0 Å². The molecule has 0 aliphatic rings. The first-order chi connectivity index (χ1) is 9.41. The molecule has 0 saturated heterocycles. The van der Waals surface area contributed by atoms with Gasteiger partial charge in [0.15, 0.2) is 0 Å². The topological polar surface area (TPSA) is 0 Å². The van der Waals surface area contributed by atoms with Gasteiger partial charge in [-0.15, -0.1) is 0 Å². The van der Waals surface area contributed by atoms with E-state index in [1.807, 2.05) is 0 Å². The van der Waals surface area contributed by atoms with Gasteiger partial charge in [-0.2, -0.15) is 0 Å². The van der Waals surface area contributed by atoms with Crippen molar-refractivity contribution in [2.75, 3.05) is 0 Å². The fourth-order valence-corrected chi connectivity index (χ4v) is 3.13. The van der Waals surface area contributed by atoms with Crippen LogP contribution in [0.15, 0.2) is 0 Å². The van der Waals surface area contributed by atoms with Crippen LogP contribution >= 0.6 is 0 Å². The van der Waals surface area contributed by atoms with Gasteiger partial charge >= 0.3 is 92.7 Å². The van der Waals surface area contributed by atoms with E-state index in [0.29, 0.717) is 0 Å². The molecule has 0 aliphatic heterocycles. The zero-order valence-corrected chi connectivity index (χ0v) is 15.3. The van der Waals surface area contributed by atoms with E-state index in [9.17, 15) is 0 Å². The van der Waals surface area contributed by atoms with Crippen LogP contribution in [0, 0.1) is 0 Å². The molecule has 19 heavy (non-hydrogen) atoms. The Kier molecular flexibility index (Phi) is 19.1. The van der Waals surface area contributed by atoms with Crippen molar-refractivity contribution in [1.29, 1.82) is 0 Å². The molecule has 0 unspecified atom stereocenters. The third-order valence-corrected chi connectivity index (χ3v) is 4.68. The Morgan fingerprint density at radius 2 is 0.684 bits per heavy atom. The second kappa shape index (κ2) is 18.6. The van der Waals surface area contributed by atoms with Gasteiger partial charge in [-0.1, -0.05) is 39.0 Å². The Balaban J connectivity index is 2.88. The molecular formula is C18H37As. The van der Waals surface area contributed by atoms with Gasteiger partial charge < -0.3 is 0 Å². The van der Waals surface area contributed by atoms with Crippen LogP contribution in [-0.4, -0.2) is 16.9 Å². The standard InChI is InChI=1S/C18H37As/c1-2-3-4-5-6-7-8-9-10-11-12-13-14-15-16-17-18-19/h2-18H2,1H3. The number of unbranched alkanes of at least 4 members (excludes halogenated alkanes) is 15.